The summed E-state index contributed by atoms with van der Waals surface area (Å²) in [5.74, 6) is -0.231. The van der Waals surface area contributed by atoms with Crippen LogP contribution in [0, 0.1) is 11.8 Å². The van der Waals surface area contributed by atoms with E-state index >= 15 is 0 Å². The monoisotopic (exact) mass is 282 g/mol. The highest BCUT2D eigenvalue weighted by Crippen LogP contribution is 2.25. The average molecular weight is 282 g/mol. The molecule has 0 aromatic rings. The van der Waals surface area contributed by atoms with Crippen LogP contribution in [0.25, 0.3) is 0 Å². The zero-order valence-corrected chi connectivity index (χ0v) is 12.1. The van der Waals surface area contributed by atoms with Gasteiger partial charge in [0.25, 0.3) is 0 Å². The van der Waals surface area contributed by atoms with Crippen molar-refractivity contribution in [2.24, 2.45) is 11.8 Å². The fourth-order valence-electron chi connectivity index (χ4n) is 3.30. The quantitative estimate of drug-likeness (QED) is 0.832. The molecule has 1 saturated carbocycles. The molecule has 0 atom stereocenters. The second kappa shape index (κ2) is 7.50. The highest BCUT2D eigenvalue weighted by atomic mass is 16.4. The highest BCUT2D eigenvalue weighted by Gasteiger charge is 2.26. The van der Waals surface area contributed by atoms with E-state index in [1.54, 1.807) is 4.90 Å². The van der Waals surface area contributed by atoms with Gasteiger partial charge in [-0.1, -0.05) is 32.1 Å². The maximum absolute atomic E-state index is 12.0. The number of carbonyl (C=O) groups is 2. The van der Waals surface area contributed by atoms with Gasteiger partial charge >= 0.3 is 12.0 Å². The Hall–Kier alpha value is -1.26. The van der Waals surface area contributed by atoms with Crippen molar-refractivity contribution in [2.75, 3.05) is 19.6 Å². The summed E-state index contributed by atoms with van der Waals surface area (Å²) in [6, 6.07) is -0.0235. The largest absolute Gasteiger partial charge is 0.481 e. The molecule has 0 bridgehead atoms. The second-order valence-corrected chi connectivity index (χ2v) is 6.12. The van der Waals surface area contributed by atoms with E-state index in [0.29, 0.717) is 25.9 Å². The van der Waals surface area contributed by atoms with Crippen molar-refractivity contribution in [1.82, 2.24) is 10.2 Å². The van der Waals surface area contributed by atoms with Crippen molar-refractivity contribution >= 4 is 12.0 Å². The fraction of sp³-hybridized carbons (Fsp3) is 0.867. The Morgan fingerprint density at radius 3 is 2.30 bits per heavy atom. The summed E-state index contributed by atoms with van der Waals surface area (Å²) in [7, 11) is 0. The van der Waals surface area contributed by atoms with Crippen LogP contribution in [0.4, 0.5) is 4.79 Å². The van der Waals surface area contributed by atoms with Crippen LogP contribution in [0.1, 0.15) is 51.4 Å². The summed E-state index contributed by atoms with van der Waals surface area (Å²) < 4.78 is 0. The molecular weight excluding hydrogens is 256 g/mol. The third kappa shape index (κ3) is 4.39. The summed E-state index contributed by atoms with van der Waals surface area (Å²) in [6.07, 6.45) is 8.87. The molecule has 1 saturated heterocycles. The number of hydrogen-bond donors (Lipinski definition) is 2. The molecule has 1 aliphatic heterocycles. The number of nitrogens with zero attached hydrogens (tertiary/aromatic N) is 1. The molecule has 5 nitrogen and oxygen atoms in total. The predicted octanol–water partition coefficient (Wildman–Crippen LogP) is 2.46. The molecule has 0 aromatic carbocycles. The second-order valence-electron chi connectivity index (χ2n) is 6.12. The number of aliphatic carboxylic acids is 1. The zero-order valence-electron chi connectivity index (χ0n) is 12.1. The van der Waals surface area contributed by atoms with Crippen molar-refractivity contribution < 1.29 is 14.7 Å². The van der Waals surface area contributed by atoms with Gasteiger partial charge in [-0.2, -0.15) is 0 Å². The van der Waals surface area contributed by atoms with Crippen molar-refractivity contribution in [3.63, 3.8) is 0 Å². The number of carbonyl (C=O) groups excluding carboxylic acids is 1. The minimum atomic E-state index is -0.734. The molecule has 2 fully saturated rings. The van der Waals surface area contributed by atoms with Crippen LogP contribution in [-0.2, 0) is 4.79 Å². The molecule has 0 unspecified atom stereocenters. The van der Waals surface area contributed by atoms with E-state index < -0.39 is 5.97 Å². The number of urea groups is 1. The van der Waals surface area contributed by atoms with E-state index in [4.69, 9.17) is 5.11 Å². The van der Waals surface area contributed by atoms with E-state index in [2.05, 4.69) is 5.32 Å². The lowest BCUT2D eigenvalue weighted by Crippen LogP contribution is -2.45. The molecule has 20 heavy (non-hydrogen) atoms. The Balaban J connectivity index is 1.61. The van der Waals surface area contributed by atoms with Crippen LogP contribution in [0.3, 0.4) is 0 Å². The number of likely N-dealkylation sites (tertiary alicyclic amines) is 1. The first-order chi connectivity index (χ1) is 9.66. The van der Waals surface area contributed by atoms with Crippen LogP contribution >= 0.6 is 0 Å². The van der Waals surface area contributed by atoms with Crippen molar-refractivity contribution in [3.05, 3.63) is 0 Å². The molecule has 0 spiro atoms. The highest BCUT2D eigenvalue weighted by molar-refractivity contribution is 5.75. The van der Waals surface area contributed by atoms with Gasteiger partial charge in [-0.05, 0) is 25.2 Å². The van der Waals surface area contributed by atoms with Gasteiger partial charge in [0.1, 0.15) is 0 Å². The topological polar surface area (TPSA) is 69.6 Å². The lowest BCUT2D eigenvalue weighted by molar-refractivity contribution is -0.143. The Kier molecular flexibility index (Phi) is 5.68. The lowest BCUT2D eigenvalue weighted by atomic mass is 9.87. The van der Waals surface area contributed by atoms with E-state index in [1.165, 1.54) is 32.1 Å². The van der Waals surface area contributed by atoms with E-state index in [0.717, 1.165) is 18.9 Å². The number of carboxylic acid groups (broad SMARTS) is 1. The predicted molar refractivity (Wildman–Crippen MR) is 76.5 cm³/mol. The summed E-state index contributed by atoms with van der Waals surface area (Å²) >= 11 is 0. The number of rotatable bonds is 4. The van der Waals surface area contributed by atoms with Crippen LogP contribution in [0.2, 0.25) is 0 Å². The smallest absolute Gasteiger partial charge is 0.317 e. The van der Waals surface area contributed by atoms with Crippen LogP contribution in [-0.4, -0.2) is 41.6 Å². The maximum atomic E-state index is 12.0. The van der Waals surface area contributed by atoms with Crippen molar-refractivity contribution in [3.8, 4) is 0 Å². The van der Waals surface area contributed by atoms with E-state index in [-0.39, 0.29) is 11.9 Å². The number of piperidine rings is 1. The third-order valence-corrected chi connectivity index (χ3v) is 4.68. The van der Waals surface area contributed by atoms with Crippen molar-refractivity contribution in [2.45, 2.75) is 51.4 Å². The first-order valence-electron chi connectivity index (χ1n) is 7.92. The summed E-state index contributed by atoms with van der Waals surface area (Å²) in [4.78, 5) is 24.6. The molecule has 1 aliphatic carbocycles. The molecule has 5 heteroatoms. The van der Waals surface area contributed by atoms with E-state index in [9.17, 15) is 9.59 Å². The minimum absolute atomic E-state index is 0.0235. The Morgan fingerprint density at radius 2 is 1.70 bits per heavy atom. The van der Waals surface area contributed by atoms with Gasteiger partial charge in [0.05, 0.1) is 5.92 Å². The summed E-state index contributed by atoms with van der Waals surface area (Å²) in [5, 5.41) is 11.9. The Bertz CT molecular complexity index is 332. The number of carboxylic acids is 1. The molecular formula is C15H26N2O3. The SMILES string of the molecule is O=C(O)C1CCN(C(=O)NCCC2CCCCC2)CC1. The summed E-state index contributed by atoms with van der Waals surface area (Å²) in [6.45, 7) is 1.88. The fourth-order valence-corrected chi connectivity index (χ4v) is 3.30. The van der Waals surface area contributed by atoms with Gasteiger partial charge in [0, 0.05) is 19.6 Å². The van der Waals surface area contributed by atoms with Crippen LogP contribution < -0.4 is 5.32 Å². The summed E-state index contributed by atoms with van der Waals surface area (Å²) in [5.41, 5.74) is 0. The molecule has 1 heterocycles. The standard InChI is InChI=1S/C15H26N2O3/c18-14(19)13-7-10-17(11-8-13)15(20)16-9-6-12-4-2-1-3-5-12/h12-13H,1-11H2,(H,16,20)(H,18,19). The third-order valence-electron chi connectivity index (χ3n) is 4.68. The first kappa shape index (κ1) is 15.1. The average Bonchev–Trinajstić information content (AvgIpc) is 2.48. The molecule has 2 N–H and O–H groups in total. The lowest BCUT2D eigenvalue weighted by Gasteiger charge is -2.30. The van der Waals surface area contributed by atoms with Crippen LogP contribution in [0.15, 0.2) is 0 Å². The van der Waals surface area contributed by atoms with Gasteiger partial charge in [0.15, 0.2) is 0 Å². The van der Waals surface area contributed by atoms with Crippen LogP contribution in [0.5, 0.6) is 0 Å². The van der Waals surface area contributed by atoms with Gasteiger partial charge < -0.3 is 15.3 Å². The Morgan fingerprint density at radius 1 is 1.05 bits per heavy atom. The van der Waals surface area contributed by atoms with Gasteiger partial charge in [-0.15, -0.1) is 0 Å². The van der Waals surface area contributed by atoms with Gasteiger partial charge in [0.2, 0.25) is 0 Å². The molecule has 0 radical (unpaired) electrons. The Labute approximate surface area is 120 Å². The molecule has 2 rings (SSSR count). The van der Waals surface area contributed by atoms with E-state index in [1.807, 2.05) is 0 Å². The van der Waals surface area contributed by atoms with Gasteiger partial charge in [-0.3, -0.25) is 4.79 Å². The first-order valence-corrected chi connectivity index (χ1v) is 7.92. The minimum Gasteiger partial charge on any atom is -0.481 e. The number of amides is 2. The zero-order chi connectivity index (χ0) is 14.4. The molecule has 2 amide bonds. The number of nitrogens with one attached hydrogen (secondary N) is 1. The normalized spacial score (nSPS) is 21.7. The molecule has 114 valence electrons. The molecule has 2 aliphatic rings. The maximum Gasteiger partial charge on any atom is 0.317 e. The van der Waals surface area contributed by atoms with Crippen molar-refractivity contribution in [1.29, 1.82) is 0 Å². The molecule has 0 aromatic heterocycles. The number of hydrogen-bond acceptors (Lipinski definition) is 2. The van der Waals surface area contributed by atoms with Gasteiger partial charge in [-0.25, -0.2) is 4.79 Å².